The van der Waals surface area contributed by atoms with E-state index < -0.39 is 0 Å². The lowest BCUT2D eigenvalue weighted by Gasteiger charge is -2.11. The summed E-state index contributed by atoms with van der Waals surface area (Å²) in [5.41, 5.74) is 8.49. The second kappa shape index (κ2) is 9.51. The molecule has 6 aromatic rings. The Morgan fingerprint density at radius 1 is 0.750 bits per heavy atom. The Kier molecular flexibility index (Phi) is 5.76. The summed E-state index contributed by atoms with van der Waals surface area (Å²) in [7, 11) is 0. The van der Waals surface area contributed by atoms with Crippen molar-refractivity contribution in [3.8, 4) is 22.3 Å². The van der Waals surface area contributed by atoms with Gasteiger partial charge < -0.3 is 10.3 Å². The van der Waals surface area contributed by atoms with Gasteiger partial charge in [-0.15, -0.1) is 0 Å². The maximum Gasteiger partial charge on any atom is 0.251 e. The van der Waals surface area contributed by atoms with Crippen LogP contribution in [0.1, 0.15) is 15.9 Å². The van der Waals surface area contributed by atoms with Crippen molar-refractivity contribution >= 4 is 27.8 Å². The zero-order valence-corrected chi connectivity index (χ0v) is 19.7. The quantitative estimate of drug-likeness (QED) is 0.276. The van der Waals surface area contributed by atoms with E-state index in [1.807, 2.05) is 42.6 Å². The number of hydrogen-bond donors (Lipinski definition) is 2. The number of pyridine rings is 1. The number of carbonyl (C=O) groups is 1. The predicted molar refractivity (Wildman–Crippen MR) is 147 cm³/mol. The molecule has 0 aliphatic heterocycles. The van der Waals surface area contributed by atoms with Gasteiger partial charge in [-0.3, -0.25) is 4.79 Å². The number of amides is 1. The van der Waals surface area contributed by atoms with Crippen molar-refractivity contribution < 1.29 is 4.79 Å². The Morgan fingerprint density at radius 3 is 2.28 bits per heavy atom. The highest BCUT2D eigenvalue weighted by molar-refractivity contribution is 6.14. The Bertz CT molecular complexity index is 1670. The highest BCUT2D eigenvalue weighted by atomic mass is 16.1. The van der Waals surface area contributed by atoms with Crippen LogP contribution in [0.15, 0.2) is 115 Å². The third kappa shape index (κ3) is 4.14. The van der Waals surface area contributed by atoms with Gasteiger partial charge in [-0.25, -0.2) is 4.98 Å². The first kappa shape index (κ1) is 21.8. The van der Waals surface area contributed by atoms with Crippen molar-refractivity contribution in [3.05, 3.63) is 127 Å². The van der Waals surface area contributed by atoms with E-state index in [2.05, 4.69) is 88.1 Å². The van der Waals surface area contributed by atoms with Crippen LogP contribution in [-0.4, -0.2) is 22.4 Å². The summed E-state index contributed by atoms with van der Waals surface area (Å²) in [4.78, 5) is 20.5. The van der Waals surface area contributed by atoms with Gasteiger partial charge in [0.05, 0.1) is 0 Å². The lowest BCUT2D eigenvalue weighted by atomic mass is 9.92. The summed E-state index contributed by atoms with van der Waals surface area (Å²) in [6.45, 7) is 0.573. The molecule has 0 atom stereocenters. The van der Waals surface area contributed by atoms with E-state index in [4.69, 9.17) is 0 Å². The first-order valence-electron chi connectivity index (χ1n) is 12.2. The molecule has 0 unspecified atom stereocenters. The van der Waals surface area contributed by atoms with E-state index in [1.165, 1.54) is 22.3 Å². The summed E-state index contributed by atoms with van der Waals surface area (Å²) in [5.74, 6) is -0.0484. The standard InChI is InChI=1S/C32H25N3O/c36-32(24-11-5-2-6-12-24)34-19-17-22-15-16-29-28(21-22)30-27(18-20-33-31(30)35-29)26-14-8-7-13-25(26)23-9-3-1-4-10-23/h1-16,18,20-21H,17,19H2,(H,33,35)(H,34,36). The Labute approximate surface area is 209 Å². The first-order chi connectivity index (χ1) is 17.8. The minimum atomic E-state index is -0.0484. The number of hydrogen-bond acceptors (Lipinski definition) is 2. The Balaban J connectivity index is 1.36. The monoisotopic (exact) mass is 467 g/mol. The minimum Gasteiger partial charge on any atom is -0.352 e. The van der Waals surface area contributed by atoms with Crippen LogP contribution >= 0.6 is 0 Å². The SMILES string of the molecule is O=C(NCCc1ccc2[nH]c3nccc(-c4ccccc4-c4ccccc4)c3c2c1)c1ccccc1. The molecule has 0 aliphatic carbocycles. The first-order valence-corrected chi connectivity index (χ1v) is 12.2. The number of rotatable bonds is 6. The van der Waals surface area contributed by atoms with Crippen molar-refractivity contribution in [1.82, 2.24) is 15.3 Å². The van der Waals surface area contributed by atoms with Gasteiger partial charge in [0, 0.05) is 34.6 Å². The zero-order chi connectivity index (χ0) is 24.3. The van der Waals surface area contributed by atoms with E-state index in [0.717, 1.165) is 33.9 Å². The summed E-state index contributed by atoms with van der Waals surface area (Å²) < 4.78 is 0. The fraction of sp³-hybridized carbons (Fsp3) is 0.0625. The van der Waals surface area contributed by atoms with Crippen LogP contribution in [0, 0.1) is 0 Å². The van der Waals surface area contributed by atoms with E-state index >= 15 is 0 Å². The van der Waals surface area contributed by atoms with Crippen molar-refractivity contribution in [2.24, 2.45) is 0 Å². The maximum atomic E-state index is 12.4. The van der Waals surface area contributed by atoms with Crippen LogP contribution in [0.25, 0.3) is 44.2 Å². The molecule has 2 aromatic heterocycles. The van der Waals surface area contributed by atoms with Gasteiger partial charge in [0.2, 0.25) is 0 Å². The Morgan fingerprint density at radius 2 is 1.47 bits per heavy atom. The number of aromatic amines is 1. The van der Waals surface area contributed by atoms with Crippen LogP contribution in [0.3, 0.4) is 0 Å². The van der Waals surface area contributed by atoms with Gasteiger partial charge in [0.25, 0.3) is 5.91 Å². The van der Waals surface area contributed by atoms with Crippen LogP contribution in [-0.2, 0) is 6.42 Å². The maximum absolute atomic E-state index is 12.4. The van der Waals surface area contributed by atoms with Crippen molar-refractivity contribution in [3.63, 3.8) is 0 Å². The molecule has 0 saturated carbocycles. The largest absolute Gasteiger partial charge is 0.352 e. The summed E-state index contributed by atoms with van der Waals surface area (Å²) >= 11 is 0. The molecule has 0 saturated heterocycles. The van der Waals surface area contributed by atoms with Crippen LogP contribution in [0.4, 0.5) is 0 Å². The third-order valence-electron chi connectivity index (χ3n) is 6.59. The van der Waals surface area contributed by atoms with Gasteiger partial charge in [0.15, 0.2) is 0 Å². The van der Waals surface area contributed by atoms with Gasteiger partial charge >= 0.3 is 0 Å². The van der Waals surface area contributed by atoms with Crippen LogP contribution in [0.2, 0.25) is 0 Å². The molecule has 0 radical (unpaired) electrons. The second-order valence-electron chi connectivity index (χ2n) is 8.87. The normalized spacial score (nSPS) is 11.1. The average molecular weight is 468 g/mol. The van der Waals surface area contributed by atoms with Crippen molar-refractivity contribution in [2.45, 2.75) is 6.42 Å². The van der Waals surface area contributed by atoms with E-state index in [1.54, 1.807) is 0 Å². The summed E-state index contributed by atoms with van der Waals surface area (Å²) in [5, 5.41) is 5.29. The number of nitrogens with one attached hydrogen (secondary N) is 2. The highest BCUT2D eigenvalue weighted by Gasteiger charge is 2.15. The third-order valence-corrected chi connectivity index (χ3v) is 6.59. The molecule has 2 N–H and O–H groups in total. The predicted octanol–water partition coefficient (Wildman–Crippen LogP) is 7.02. The van der Waals surface area contributed by atoms with E-state index in [0.29, 0.717) is 12.1 Å². The van der Waals surface area contributed by atoms with Crippen LogP contribution in [0.5, 0.6) is 0 Å². The van der Waals surface area contributed by atoms with Crippen molar-refractivity contribution in [1.29, 1.82) is 0 Å². The van der Waals surface area contributed by atoms with Gasteiger partial charge in [-0.2, -0.15) is 0 Å². The number of H-pyrrole nitrogens is 1. The highest BCUT2D eigenvalue weighted by Crippen LogP contribution is 2.38. The smallest absolute Gasteiger partial charge is 0.251 e. The molecule has 4 heteroatoms. The topological polar surface area (TPSA) is 57.8 Å². The van der Waals surface area contributed by atoms with Crippen molar-refractivity contribution in [2.75, 3.05) is 6.54 Å². The second-order valence-corrected chi connectivity index (χ2v) is 8.87. The van der Waals surface area contributed by atoms with Crippen LogP contribution < -0.4 is 5.32 Å². The summed E-state index contributed by atoms with van der Waals surface area (Å²) in [6, 6.07) is 36.9. The molecule has 0 fully saturated rings. The average Bonchev–Trinajstić information content (AvgIpc) is 3.32. The Hall–Kier alpha value is -4.70. The molecule has 6 rings (SSSR count). The zero-order valence-electron chi connectivity index (χ0n) is 19.7. The summed E-state index contributed by atoms with van der Waals surface area (Å²) in [6.07, 6.45) is 2.62. The molecule has 1 amide bonds. The van der Waals surface area contributed by atoms with Gasteiger partial charge in [0.1, 0.15) is 5.65 Å². The number of nitrogens with zero attached hydrogens (tertiary/aromatic N) is 1. The molecule has 174 valence electrons. The fourth-order valence-corrected chi connectivity index (χ4v) is 4.84. The number of carbonyl (C=O) groups excluding carboxylic acids is 1. The molecule has 4 aromatic carbocycles. The van der Waals surface area contributed by atoms with Gasteiger partial charge in [-0.05, 0) is 64.6 Å². The molecule has 0 aliphatic rings. The lowest BCUT2D eigenvalue weighted by molar-refractivity contribution is 0.0954. The number of fused-ring (bicyclic) bond motifs is 3. The molecular formula is C32H25N3O. The lowest BCUT2D eigenvalue weighted by Crippen LogP contribution is -2.25. The molecule has 0 bridgehead atoms. The minimum absolute atomic E-state index is 0.0484. The molecule has 36 heavy (non-hydrogen) atoms. The van der Waals surface area contributed by atoms with Gasteiger partial charge in [-0.1, -0.05) is 78.9 Å². The van der Waals surface area contributed by atoms with E-state index in [9.17, 15) is 4.79 Å². The number of aromatic nitrogens is 2. The fourth-order valence-electron chi connectivity index (χ4n) is 4.84. The molecule has 4 nitrogen and oxygen atoms in total. The number of benzene rings is 4. The molecule has 2 heterocycles. The van der Waals surface area contributed by atoms with E-state index in [-0.39, 0.29) is 5.91 Å². The molecular weight excluding hydrogens is 442 g/mol. The molecule has 0 spiro atoms.